The Morgan fingerprint density at radius 2 is 1.88 bits per heavy atom. The van der Waals surface area contributed by atoms with Gasteiger partial charge in [0.25, 0.3) is 0 Å². The fraction of sp³-hybridized carbons (Fsp3) is 0.419. The van der Waals surface area contributed by atoms with Gasteiger partial charge in [-0.15, -0.1) is 11.3 Å². The standard InChI is InChI=1S/C31H37N5O3S/c1-18-14-33-15-24(19(18)2)21-7-8-22-23(13-21)28(32)34-16-25(22)29-35-26(17-36(6)30(37)39-31(3,4)5)27(40-29)20-9-11-38-12-10-20/h7-8,13-16,20H,9-12,17H2,1-6H3,(H2,32,34). The van der Waals surface area contributed by atoms with Crippen molar-refractivity contribution >= 4 is 34.0 Å². The zero-order chi connectivity index (χ0) is 28.6. The Morgan fingerprint density at radius 3 is 2.60 bits per heavy atom. The molecule has 0 spiro atoms. The lowest BCUT2D eigenvalue weighted by atomic mass is 9.96. The Kier molecular flexibility index (Phi) is 7.79. The minimum Gasteiger partial charge on any atom is -0.444 e. The van der Waals surface area contributed by atoms with Crippen molar-refractivity contribution in [2.75, 3.05) is 26.0 Å². The van der Waals surface area contributed by atoms with Crippen LogP contribution in [0.5, 0.6) is 0 Å². The number of aromatic nitrogens is 3. The van der Waals surface area contributed by atoms with E-state index >= 15 is 0 Å². The van der Waals surface area contributed by atoms with Crippen LogP contribution in [0.1, 0.15) is 61.2 Å². The second-order valence-corrected chi connectivity index (χ2v) is 12.5. The Labute approximate surface area is 239 Å². The maximum atomic E-state index is 12.8. The van der Waals surface area contributed by atoms with Crippen LogP contribution in [0.25, 0.3) is 32.5 Å². The number of thiazole rings is 1. The van der Waals surface area contributed by atoms with Gasteiger partial charge in [-0.25, -0.2) is 14.8 Å². The van der Waals surface area contributed by atoms with Crippen LogP contribution in [0.2, 0.25) is 0 Å². The molecule has 9 heteroatoms. The molecule has 3 aromatic heterocycles. The highest BCUT2D eigenvalue weighted by molar-refractivity contribution is 7.15. The van der Waals surface area contributed by atoms with E-state index in [0.29, 0.717) is 18.3 Å². The normalized spacial score (nSPS) is 14.4. The Bertz CT molecular complexity index is 1550. The van der Waals surface area contributed by atoms with Crippen LogP contribution in [0.4, 0.5) is 10.6 Å². The molecule has 1 saturated heterocycles. The Hall–Kier alpha value is -3.56. The number of ether oxygens (including phenoxy) is 2. The smallest absolute Gasteiger partial charge is 0.410 e. The fourth-order valence-electron chi connectivity index (χ4n) is 5.02. The highest BCUT2D eigenvalue weighted by Gasteiger charge is 2.27. The van der Waals surface area contributed by atoms with E-state index in [4.69, 9.17) is 20.2 Å². The van der Waals surface area contributed by atoms with Gasteiger partial charge in [0.2, 0.25) is 0 Å². The first-order chi connectivity index (χ1) is 19.0. The summed E-state index contributed by atoms with van der Waals surface area (Å²) in [5.41, 5.74) is 12.1. The summed E-state index contributed by atoms with van der Waals surface area (Å²) in [6.07, 6.45) is 7.07. The number of amides is 1. The van der Waals surface area contributed by atoms with E-state index in [1.807, 2.05) is 39.4 Å². The first kappa shape index (κ1) is 28.0. The molecule has 1 amide bonds. The van der Waals surface area contributed by atoms with E-state index in [0.717, 1.165) is 69.8 Å². The third-order valence-corrected chi connectivity index (χ3v) is 8.63. The fourth-order valence-corrected chi connectivity index (χ4v) is 6.29. The second-order valence-electron chi connectivity index (χ2n) is 11.5. The average Bonchev–Trinajstić information content (AvgIpc) is 3.33. The maximum Gasteiger partial charge on any atom is 0.410 e. The van der Waals surface area contributed by atoms with Crippen LogP contribution in [0.15, 0.2) is 36.8 Å². The third-order valence-electron chi connectivity index (χ3n) is 7.34. The van der Waals surface area contributed by atoms with Gasteiger partial charge in [-0.05, 0) is 81.5 Å². The summed E-state index contributed by atoms with van der Waals surface area (Å²) in [4.78, 5) is 29.6. The molecule has 4 aromatic rings. The zero-order valence-electron chi connectivity index (χ0n) is 24.1. The summed E-state index contributed by atoms with van der Waals surface area (Å²) in [6.45, 7) is 11.6. The number of nitrogen functional groups attached to an aromatic ring is 1. The summed E-state index contributed by atoms with van der Waals surface area (Å²) in [7, 11) is 1.75. The lowest BCUT2D eigenvalue weighted by Gasteiger charge is -2.25. The van der Waals surface area contributed by atoms with Crippen LogP contribution in [0.3, 0.4) is 0 Å². The molecule has 1 aliphatic rings. The monoisotopic (exact) mass is 559 g/mol. The number of carbonyl (C=O) groups is 1. The summed E-state index contributed by atoms with van der Waals surface area (Å²) in [6, 6.07) is 6.30. The van der Waals surface area contributed by atoms with Crippen molar-refractivity contribution in [2.24, 2.45) is 0 Å². The maximum absolute atomic E-state index is 12.8. The topological polar surface area (TPSA) is 103 Å². The van der Waals surface area contributed by atoms with Crippen LogP contribution in [-0.4, -0.2) is 51.8 Å². The SMILES string of the molecule is Cc1cncc(-c2ccc3c(-c4nc(CN(C)C(=O)OC(C)(C)C)c(C5CCOCC5)s4)cnc(N)c3c2)c1C. The van der Waals surface area contributed by atoms with Crippen molar-refractivity contribution in [3.8, 4) is 21.7 Å². The highest BCUT2D eigenvalue weighted by Crippen LogP contribution is 2.41. The Morgan fingerprint density at radius 1 is 1.12 bits per heavy atom. The number of benzene rings is 1. The van der Waals surface area contributed by atoms with Gasteiger partial charge in [0, 0.05) is 60.2 Å². The van der Waals surface area contributed by atoms with E-state index < -0.39 is 5.60 Å². The van der Waals surface area contributed by atoms with E-state index in [2.05, 4.69) is 42.0 Å². The number of nitrogens with zero attached hydrogens (tertiary/aromatic N) is 4. The van der Waals surface area contributed by atoms with Gasteiger partial charge in [-0.2, -0.15) is 0 Å². The molecule has 0 atom stereocenters. The quantitative estimate of drug-likeness (QED) is 0.284. The van der Waals surface area contributed by atoms with E-state index in [9.17, 15) is 4.79 Å². The van der Waals surface area contributed by atoms with Gasteiger partial charge in [0.15, 0.2) is 0 Å². The van der Waals surface area contributed by atoms with Crippen LogP contribution in [-0.2, 0) is 16.0 Å². The molecule has 0 bridgehead atoms. The minimum atomic E-state index is -0.567. The van der Waals surface area contributed by atoms with Crippen LogP contribution >= 0.6 is 11.3 Å². The van der Waals surface area contributed by atoms with Crippen molar-refractivity contribution in [1.29, 1.82) is 0 Å². The molecule has 210 valence electrons. The summed E-state index contributed by atoms with van der Waals surface area (Å²) in [5.74, 6) is 0.809. The molecule has 0 unspecified atom stereocenters. The largest absolute Gasteiger partial charge is 0.444 e. The second kappa shape index (κ2) is 11.1. The zero-order valence-corrected chi connectivity index (χ0v) is 24.9. The molecule has 5 rings (SSSR count). The average molecular weight is 560 g/mol. The minimum absolute atomic E-state index is 0.332. The van der Waals surface area contributed by atoms with Crippen molar-refractivity contribution in [3.63, 3.8) is 0 Å². The highest BCUT2D eigenvalue weighted by atomic mass is 32.1. The predicted octanol–water partition coefficient (Wildman–Crippen LogP) is 6.88. The first-order valence-electron chi connectivity index (χ1n) is 13.6. The number of carbonyl (C=O) groups excluding carboxylic acids is 1. The van der Waals surface area contributed by atoms with Gasteiger partial charge < -0.3 is 20.1 Å². The van der Waals surface area contributed by atoms with Crippen LogP contribution in [0, 0.1) is 13.8 Å². The molecule has 1 aliphatic heterocycles. The molecule has 8 nitrogen and oxygen atoms in total. The van der Waals surface area contributed by atoms with Crippen molar-refractivity contribution < 1.29 is 14.3 Å². The predicted molar refractivity (Wildman–Crippen MR) is 160 cm³/mol. The third kappa shape index (κ3) is 5.81. The molecule has 40 heavy (non-hydrogen) atoms. The molecule has 1 fully saturated rings. The van der Waals surface area contributed by atoms with Gasteiger partial charge in [-0.1, -0.05) is 12.1 Å². The molecule has 1 aromatic carbocycles. The summed E-state index contributed by atoms with van der Waals surface area (Å²) in [5, 5.41) is 2.74. The molecular weight excluding hydrogens is 522 g/mol. The van der Waals surface area contributed by atoms with Crippen molar-refractivity contribution in [2.45, 2.75) is 65.5 Å². The van der Waals surface area contributed by atoms with Gasteiger partial charge in [0.05, 0.1) is 12.2 Å². The number of fused-ring (bicyclic) bond motifs is 1. The lowest BCUT2D eigenvalue weighted by Crippen LogP contribution is -2.34. The molecule has 0 saturated carbocycles. The summed E-state index contributed by atoms with van der Waals surface area (Å²) >= 11 is 1.68. The molecule has 4 heterocycles. The molecular formula is C31H37N5O3S. The summed E-state index contributed by atoms with van der Waals surface area (Å²) < 4.78 is 11.2. The number of hydrogen-bond acceptors (Lipinski definition) is 8. The van der Waals surface area contributed by atoms with Gasteiger partial charge in [-0.3, -0.25) is 4.98 Å². The molecule has 0 aliphatic carbocycles. The number of aryl methyl sites for hydroxylation is 1. The van der Waals surface area contributed by atoms with Gasteiger partial charge >= 0.3 is 6.09 Å². The van der Waals surface area contributed by atoms with E-state index in [-0.39, 0.29) is 6.09 Å². The van der Waals surface area contributed by atoms with Crippen LogP contribution < -0.4 is 5.73 Å². The lowest BCUT2D eigenvalue weighted by molar-refractivity contribution is 0.0282. The van der Waals surface area contributed by atoms with E-state index in [1.54, 1.807) is 23.3 Å². The Balaban J connectivity index is 1.56. The number of anilines is 1. The number of hydrogen-bond donors (Lipinski definition) is 1. The number of rotatable bonds is 5. The van der Waals surface area contributed by atoms with Crippen molar-refractivity contribution in [3.05, 3.63) is 58.5 Å². The molecule has 2 N–H and O–H groups in total. The van der Waals surface area contributed by atoms with E-state index in [1.165, 1.54) is 10.4 Å². The van der Waals surface area contributed by atoms with Gasteiger partial charge in [0.1, 0.15) is 16.4 Å². The van der Waals surface area contributed by atoms with Crippen molar-refractivity contribution in [1.82, 2.24) is 19.9 Å². The number of nitrogens with two attached hydrogens (primary N) is 1. The number of pyridine rings is 2. The first-order valence-corrected chi connectivity index (χ1v) is 14.4. The molecule has 0 radical (unpaired) electrons.